The van der Waals surface area contributed by atoms with Gasteiger partial charge in [0.25, 0.3) is 0 Å². The number of hydrogen-bond donors (Lipinski definition) is 0. The summed E-state index contributed by atoms with van der Waals surface area (Å²) in [5, 5.41) is 2.01. The molecule has 8 heteroatoms. The van der Waals surface area contributed by atoms with Gasteiger partial charge in [-0.3, -0.25) is 4.57 Å². The first kappa shape index (κ1) is 24.4. The fourth-order valence-electron chi connectivity index (χ4n) is 3.56. The van der Waals surface area contributed by atoms with Crippen LogP contribution in [0.1, 0.15) is 30.9 Å². The van der Waals surface area contributed by atoms with E-state index < -0.39 is 5.41 Å². The third kappa shape index (κ3) is 5.21. The quantitative estimate of drug-likeness (QED) is 0.227. The minimum Gasteiger partial charge on any atom is -0.299 e. The molecule has 0 amide bonds. The van der Waals surface area contributed by atoms with Gasteiger partial charge in [0.1, 0.15) is 11.6 Å². The number of rotatable bonds is 6. The number of hydrogen-bond acceptors (Lipinski definition) is 2. The van der Waals surface area contributed by atoms with Crippen LogP contribution in [0.4, 0.5) is 4.39 Å². The molecule has 0 saturated heterocycles. The first-order valence-corrected chi connectivity index (χ1v) is 12.5. The lowest BCUT2D eigenvalue weighted by molar-refractivity contribution is 0.597. The number of nitrogens with zero attached hydrogens (tertiary/aromatic N) is 2. The Morgan fingerprint density at radius 1 is 0.848 bits per heavy atom. The molecule has 0 fully saturated rings. The molecule has 0 aliphatic carbocycles. The van der Waals surface area contributed by atoms with Gasteiger partial charge >= 0.3 is 0 Å². The molecule has 0 aliphatic heterocycles. The Bertz CT molecular complexity index is 1300. The molecule has 0 aliphatic rings. The highest BCUT2D eigenvalue weighted by atomic mass is 35.5. The topological polar surface area (TPSA) is 17.8 Å². The van der Waals surface area contributed by atoms with Gasteiger partial charge in [0.05, 0.1) is 31.5 Å². The van der Waals surface area contributed by atoms with E-state index in [1.807, 2.05) is 30.5 Å². The summed E-state index contributed by atoms with van der Waals surface area (Å²) in [6.45, 7) is 4.19. The van der Waals surface area contributed by atoms with Crippen molar-refractivity contribution in [2.75, 3.05) is 0 Å². The van der Waals surface area contributed by atoms with Gasteiger partial charge in [0.2, 0.25) is 0 Å². The number of aromatic nitrogens is 2. The second kappa shape index (κ2) is 9.89. The Morgan fingerprint density at radius 2 is 1.48 bits per heavy atom. The fourth-order valence-corrected chi connectivity index (χ4v) is 5.08. The van der Waals surface area contributed by atoms with Crippen molar-refractivity contribution in [2.24, 2.45) is 0 Å². The third-order valence-corrected chi connectivity index (χ3v) is 7.93. The van der Waals surface area contributed by atoms with Gasteiger partial charge in [-0.2, -0.15) is 0 Å². The van der Waals surface area contributed by atoms with Crippen LogP contribution in [0.2, 0.25) is 20.1 Å². The van der Waals surface area contributed by atoms with Crippen molar-refractivity contribution in [3.63, 3.8) is 0 Å². The number of halogens is 5. The number of benzene rings is 3. The SMILES string of the molecule is CC(C)(c1ccc(Cl)c(Cl)c1)c1cnc(CSc2ccc(Cl)c(Cl)c2)n1-c1ccc(F)cc1. The zero-order valence-electron chi connectivity index (χ0n) is 17.8. The van der Waals surface area contributed by atoms with Crippen molar-refractivity contribution >= 4 is 58.2 Å². The van der Waals surface area contributed by atoms with E-state index in [0.717, 1.165) is 27.7 Å². The first-order chi connectivity index (χ1) is 15.7. The summed E-state index contributed by atoms with van der Waals surface area (Å²) in [4.78, 5) is 5.71. The highest BCUT2D eigenvalue weighted by molar-refractivity contribution is 7.98. The summed E-state index contributed by atoms with van der Waals surface area (Å²) in [6, 6.07) is 17.5. The molecular formula is C25H19Cl4FN2S. The van der Waals surface area contributed by atoms with Crippen molar-refractivity contribution < 1.29 is 4.39 Å². The van der Waals surface area contributed by atoms with Crippen LogP contribution in [0.5, 0.6) is 0 Å². The van der Waals surface area contributed by atoms with Gasteiger partial charge in [-0.15, -0.1) is 11.8 Å². The minimum absolute atomic E-state index is 0.295. The molecule has 0 N–H and O–H groups in total. The van der Waals surface area contributed by atoms with Crippen LogP contribution in [0, 0.1) is 5.82 Å². The molecule has 0 atom stereocenters. The Kier molecular flexibility index (Phi) is 7.32. The molecule has 0 unspecified atom stereocenters. The number of imidazole rings is 1. The van der Waals surface area contributed by atoms with Crippen LogP contribution >= 0.6 is 58.2 Å². The summed E-state index contributed by atoms with van der Waals surface area (Å²) >= 11 is 26.3. The maximum atomic E-state index is 13.7. The van der Waals surface area contributed by atoms with E-state index in [2.05, 4.69) is 18.4 Å². The molecule has 33 heavy (non-hydrogen) atoms. The largest absolute Gasteiger partial charge is 0.299 e. The van der Waals surface area contributed by atoms with Crippen LogP contribution in [0.3, 0.4) is 0 Å². The Morgan fingerprint density at radius 3 is 2.12 bits per heavy atom. The third-order valence-electron chi connectivity index (χ3n) is 5.46. The molecule has 0 spiro atoms. The van der Waals surface area contributed by atoms with E-state index in [0.29, 0.717) is 25.8 Å². The van der Waals surface area contributed by atoms with Gasteiger partial charge < -0.3 is 0 Å². The summed E-state index contributed by atoms with van der Waals surface area (Å²) in [5.41, 5.74) is 2.30. The lowest BCUT2D eigenvalue weighted by atomic mass is 9.81. The van der Waals surface area contributed by atoms with Crippen LogP contribution in [0.15, 0.2) is 71.8 Å². The highest BCUT2D eigenvalue weighted by Gasteiger charge is 2.30. The molecule has 2 nitrogen and oxygen atoms in total. The Hall–Kier alpha value is -1.69. The van der Waals surface area contributed by atoms with E-state index in [-0.39, 0.29) is 5.82 Å². The van der Waals surface area contributed by atoms with Gasteiger partial charge in [0.15, 0.2) is 0 Å². The van der Waals surface area contributed by atoms with E-state index in [4.69, 9.17) is 51.4 Å². The highest BCUT2D eigenvalue weighted by Crippen LogP contribution is 2.38. The molecule has 170 valence electrons. The standard InChI is InChI=1S/C25H19Cl4FN2S/c1-25(2,15-3-9-19(26)21(28)11-15)23-13-31-24(32(23)17-6-4-16(30)5-7-17)14-33-18-8-10-20(27)22(29)12-18/h3-13H,14H2,1-2H3. The van der Waals surface area contributed by atoms with Crippen LogP contribution in [0.25, 0.3) is 5.69 Å². The second-order valence-corrected chi connectivity index (χ2v) is 10.7. The Balaban J connectivity index is 1.77. The smallest absolute Gasteiger partial charge is 0.123 e. The molecule has 3 aromatic carbocycles. The van der Waals surface area contributed by atoms with Crippen molar-refractivity contribution in [3.8, 4) is 5.69 Å². The summed E-state index contributed by atoms with van der Waals surface area (Å²) in [7, 11) is 0. The van der Waals surface area contributed by atoms with Gasteiger partial charge in [0, 0.05) is 22.2 Å². The maximum absolute atomic E-state index is 13.7. The average Bonchev–Trinajstić information content (AvgIpc) is 3.22. The van der Waals surface area contributed by atoms with Crippen LogP contribution in [-0.2, 0) is 11.2 Å². The van der Waals surface area contributed by atoms with Gasteiger partial charge in [-0.05, 0) is 60.2 Å². The fraction of sp³-hybridized carbons (Fsp3) is 0.160. The number of thioether (sulfide) groups is 1. The maximum Gasteiger partial charge on any atom is 0.123 e. The predicted molar refractivity (Wildman–Crippen MR) is 138 cm³/mol. The average molecular weight is 540 g/mol. The van der Waals surface area contributed by atoms with E-state index >= 15 is 0 Å². The van der Waals surface area contributed by atoms with E-state index in [1.54, 1.807) is 36.0 Å². The molecule has 4 rings (SSSR count). The van der Waals surface area contributed by atoms with Crippen LogP contribution in [-0.4, -0.2) is 9.55 Å². The molecular weight excluding hydrogens is 521 g/mol. The van der Waals surface area contributed by atoms with Crippen molar-refractivity contribution in [1.29, 1.82) is 0 Å². The second-order valence-electron chi connectivity index (χ2n) is 7.99. The van der Waals surface area contributed by atoms with E-state index in [1.165, 1.54) is 12.1 Å². The van der Waals surface area contributed by atoms with Gasteiger partial charge in [-0.1, -0.05) is 66.3 Å². The Labute approximate surface area is 216 Å². The lowest BCUT2D eigenvalue weighted by Gasteiger charge is -2.28. The molecule has 0 radical (unpaired) electrons. The van der Waals surface area contributed by atoms with Crippen molar-refractivity contribution in [3.05, 3.63) is 110 Å². The molecule has 0 saturated carbocycles. The predicted octanol–water partition coefficient (Wildman–Crippen LogP) is 9.24. The molecule has 1 heterocycles. The summed E-state index contributed by atoms with van der Waals surface area (Å²) < 4.78 is 15.7. The molecule has 4 aromatic rings. The lowest BCUT2D eigenvalue weighted by Crippen LogP contribution is -2.23. The minimum atomic E-state index is -0.456. The normalized spacial score (nSPS) is 11.7. The zero-order chi connectivity index (χ0) is 23.8. The first-order valence-electron chi connectivity index (χ1n) is 10.0. The van der Waals surface area contributed by atoms with Crippen molar-refractivity contribution in [2.45, 2.75) is 29.9 Å². The van der Waals surface area contributed by atoms with Crippen molar-refractivity contribution in [1.82, 2.24) is 9.55 Å². The molecule has 1 aromatic heterocycles. The summed E-state index contributed by atoms with van der Waals surface area (Å²) in [6.07, 6.45) is 1.86. The molecule has 0 bridgehead atoms. The van der Waals surface area contributed by atoms with E-state index in [9.17, 15) is 4.39 Å². The monoisotopic (exact) mass is 538 g/mol. The zero-order valence-corrected chi connectivity index (χ0v) is 21.6. The summed E-state index contributed by atoms with van der Waals surface area (Å²) in [5.74, 6) is 1.10. The van der Waals surface area contributed by atoms with Crippen LogP contribution < -0.4 is 0 Å². The van der Waals surface area contributed by atoms with Gasteiger partial charge in [-0.25, -0.2) is 9.37 Å².